The summed E-state index contributed by atoms with van der Waals surface area (Å²) in [4.78, 5) is 14.8. The van der Waals surface area contributed by atoms with Crippen molar-refractivity contribution >= 4 is 18.3 Å². The van der Waals surface area contributed by atoms with Gasteiger partial charge in [0.2, 0.25) is 5.91 Å². The summed E-state index contributed by atoms with van der Waals surface area (Å²) in [6.07, 6.45) is 5.73. The van der Waals surface area contributed by atoms with E-state index in [1.807, 2.05) is 0 Å². The van der Waals surface area contributed by atoms with E-state index >= 15 is 0 Å². The van der Waals surface area contributed by atoms with Crippen LogP contribution in [-0.2, 0) is 4.79 Å². The molecule has 1 unspecified atom stereocenters. The van der Waals surface area contributed by atoms with E-state index in [9.17, 15) is 4.79 Å². The summed E-state index contributed by atoms with van der Waals surface area (Å²) < 4.78 is 0. The van der Waals surface area contributed by atoms with E-state index in [0.717, 1.165) is 39.0 Å². The molecule has 0 bridgehead atoms. The highest BCUT2D eigenvalue weighted by Crippen LogP contribution is 2.36. The lowest BCUT2D eigenvalue weighted by Gasteiger charge is -2.43. The first-order valence-corrected chi connectivity index (χ1v) is 7.49. The van der Waals surface area contributed by atoms with Crippen molar-refractivity contribution in [1.29, 1.82) is 0 Å². The molecule has 1 amide bonds. The number of rotatable bonds is 2. The zero-order valence-electron chi connectivity index (χ0n) is 12.6. The van der Waals surface area contributed by atoms with Gasteiger partial charge in [-0.15, -0.1) is 12.4 Å². The molecule has 2 heterocycles. The number of hydrogen-bond acceptors (Lipinski definition) is 2. The van der Waals surface area contributed by atoms with Gasteiger partial charge in [-0.05, 0) is 44.6 Å². The predicted molar refractivity (Wildman–Crippen MR) is 81.7 cm³/mol. The lowest BCUT2D eigenvalue weighted by molar-refractivity contribution is -0.144. The summed E-state index contributed by atoms with van der Waals surface area (Å²) in [7, 11) is 0. The number of piperidine rings is 2. The molecule has 0 aromatic rings. The van der Waals surface area contributed by atoms with Crippen molar-refractivity contribution in [2.75, 3.05) is 26.2 Å². The van der Waals surface area contributed by atoms with Crippen molar-refractivity contribution in [3.05, 3.63) is 0 Å². The van der Waals surface area contributed by atoms with Gasteiger partial charge in [0.05, 0.1) is 5.41 Å². The molecule has 1 N–H and O–H groups in total. The molecule has 19 heavy (non-hydrogen) atoms. The van der Waals surface area contributed by atoms with Crippen LogP contribution >= 0.6 is 12.4 Å². The Hall–Kier alpha value is -0.280. The quantitative estimate of drug-likeness (QED) is 0.847. The molecule has 0 radical (unpaired) electrons. The molecule has 112 valence electrons. The van der Waals surface area contributed by atoms with E-state index in [2.05, 4.69) is 31.0 Å². The van der Waals surface area contributed by atoms with E-state index in [4.69, 9.17) is 0 Å². The lowest BCUT2D eigenvalue weighted by atomic mass is 9.76. The number of nitrogens with zero attached hydrogens (tertiary/aromatic N) is 1. The molecule has 2 rings (SSSR count). The average Bonchev–Trinajstić information content (AvgIpc) is 2.40. The van der Waals surface area contributed by atoms with Crippen molar-refractivity contribution in [2.24, 2.45) is 10.8 Å². The second kappa shape index (κ2) is 6.45. The smallest absolute Gasteiger partial charge is 0.229 e. The summed E-state index contributed by atoms with van der Waals surface area (Å²) in [5, 5.41) is 3.38. The molecular formula is C15H29ClN2O. The summed E-state index contributed by atoms with van der Waals surface area (Å²) in [6.45, 7) is 10.6. The molecule has 0 aliphatic carbocycles. The molecule has 2 aliphatic heterocycles. The number of likely N-dealkylation sites (tertiary alicyclic amines) is 1. The number of nitrogens with one attached hydrogen (secondary N) is 1. The molecule has 4 heteroatoms. The average molecular weight is 289 g/mol. The zero-order valence-corrected chi connectivity index (χ0v) is 13.4. The maximum atomic E-state index is 12.7. The van der Waals surface area contributed by atoms with Crippen LogP contribution in [-0.4, -0.2) is 37.0 Å². The van der Waals surface area contributed by atoms with Gasteiger partial charge in [0, 0.05) is 19.6 Å². The van der Waals surface area contributed by atoms with Crippen molar-refractivity contribution in [3.8, 4) is 0 Å². The molecule has 0 aromatic heterocycles. The second-order valence-corrected chi connectivity index (χ2v) is 6.80. The normalized spacial score (nSPS) is 30.6. The number of amides is 1. The first kappa shape index (κ1) is 16.8. The third-order valence-corrected chi connectivity index (χ3v) is 5.22. The van der Waals surface area contributed by atoms with Gasteiger partial charge >= 0.3 is 0 Å². The Kier molecular flexibility index (Phi) is 5.69. The minimum absolute atomic E-state index is 0. The van der Waals surface area contributed by atoms with Crippen molar-refractivity contribution in [3.63, 3.8) is 0 Å². The van der Waals surface area contributed by atoms with Gasteiger partial charge in [0.25, 0.3) is 0 Å². The van der Waals surface area contributed by atoms with Crippen molar-refractivity contribution in [2.45, 2.75) is 52.9 Å². The summed E-state index contributed by atoms with van der Waals surface area (Å²) in [6, 6.07) is 0. The van der Waals surface area contributed by atoms with Crippen LogP contribution in [0.3, 0.4) is 0 Å². The predicted octanol–water partition coefficient (Wildman–Crippen LogP) is 2.84. The standard InChI is InChI=1S/C15H28N2O.ClH/c1-4-14(2)7-10-17(11-8-14)13(18)15(3)6-5-9-16-12-15;/h16H,4-12H2,1-3H3;1H. The Morgan fingerprint density at radius 1 is 1.21 bits per heavy atom. The lowest BCUT2D eigenvalue weighted by Crippen LogP contribution is -2.53. The fourth-order valence-electron chi connectivity index (χ4n) is 3.22. The molecule has 2 fully saturated rings. The number of carbonyl (C=O) groups is 1. The van der Waals surface area contributed by atoms with Crippen molar-refractivity contribution < 1.29 is 4.79 Å². The third-order valence-electron chi connectivity index (χ3n) is 5.22. The summed E-state index contributed by atoms with van der Waals surface area (Å²) in [5.41, 5.74) is 0.306. The Morgan fingerprint density at radius 2 is 1.84 bits per heavy atom. The second-order valence-electron chi connectivity index (χ2n) is 6.80. The van der Waals surface area contributed by atoms with Gasteiger partial charge in [-0.25, -0.2) is 0 Å². The fraction of sp³-hybridized carbons (Fsp3) is 0.933. The fourth-order valence-corrected chi connectivity index (χ4v) is 3.22. The summed E-state index contributed by atoms with van der Waals surface area (Å²) in [5.74, 6) is 0.382. The summed E-state index contributed by atoms with van der Waals surface area (Å²) >= 11 is 0. The molecule has 0 spiro atoms. The Labute approximate surface area is 123 Å². The maximum absolute atomic E-state index is 12.7. The molecule has 1 atom stereocenters. The van der Waals surface area contributed by atoms with Crippen LogP contribution < -0.4 is 5.32 Å². The largest absolute Gasteiger partial charge is 0.342 e. The molecule has 0 saturated carbocycles. The zero-order chi connectivity index (χ0) is 13.2. The van der Waals surface area contributed by atoms with Crippen molar-refractivity contribution in [1.82, 2.24) is 10.2 Å². The van der Waals surface area contributed by atoms with Gasteiger partial charge in [0.1, 0.15) is 0 Å². The van der Waals surface area contributed by atoms with Crippen LogP contribution in [0.1, 0.15) is 52.9 Å². The molecule has 3 nitrogen and oxygen atoms in total. The Morgan fingerprint density at radius 3 is 2.32 bits per heavy atom. The minimum Gasteiger partial charge on any atom is -0.342 e. The van der Waals surface area contributed by atoms with Gasteiger partial charge in [0.15, 0.2) is 0 Å². The van der Waals surface area contributed by atoms with Crippen LogP contribution in [0.15, 0.2) is 0 Å². The number of hydrogen-bond donors (Lipinski definition) is 1. The first-order chi connectivity index (χ1) is 8.49. The van der Waals surface area contributed by atoms with E-state index in [1.54, 1.807) is 0 Å². The maximum Gasteiger partial charge on any atom is 0.229 e. The van der Waals surface area contributed by atoms with E-state index < -0.39 is 0 Å². The van der Waals surface area contributed by atoms with E-state index in [0.29, 0.717) is 11.3 Å². The highest BCUT2D eigenvalue weighted by atomic mass is 35.5. The molecule has 2 saturated heterocycles. The van der Waals surface area contributed by atoms with Gasteiger partial charge in [-0.2, -0.15) is 0 Å². The number of halogens is 1. The third kappa shape index (κ3) is 3.63. The van der Waals surface area contributed by atoms with E-state index in [1.165, 1.54) is 19.3 Å². The van der Waals surface area contributed by atoms with Crippen LogP contribution in [0.2, 0.25) is 0 Å². The first-order valence-electron chi connectivity index (χ1n) is 7.49. The monoisotopic (exact) mass is 288 g/mol. The van der Waals surface area contributed by atoms with Crippen LogP contribution in [0, 0.1) is 10.8 Å². The van der Waals surface area contributed by atoms with Crippen LogP contribution in [0.25, 0.3) is 0 Å². The van der Waals surface area contributed by atoms with Gasteiger partial charge < -0.3 is 10.2 Å². The Balaban J connectivity index is 0.00000180. The minimum atomic E-state index is -0.155. The molecular weight excluding hydrogens is 260 g/mol. The molecule has 2 aliphatic rings. The van der Waals surface area contributed by atoms with Gasteiger partial charge in [-0.3, -0.25) is 4.79 Å². The number of carbonyl (C=O) groups excluding carboxylic acids is 1. The highest BCUT2D eigenvalue weighted by Gasteiger charge is 2.40. The SMILES string of the molecule is CCC1(C)CCN(C(=O)C2(C)CCCNC2)CC1.Cl. The van der Waals surface area contributed by atoms with Crippen LogP contribution in [0.4, 0.5) is 0 Å². The van der Waals surface area contributed by atoms with Crippen LogP contribution in [0.5, 0.6) is 0 Å². The highest BCUT2D eigenvalue weighted by molar-refractivity contribution is 5.85. The van der Waals surface area contributed by atoms with Gasteiger partial charge in [-0.1, -0.05) is 20.3 Å². The Bertz CT molecular complexity index is 305. The topological polar surface area (TPSA) is 32.3 Å². The van der Waals surface area contributed by atoms with E-state index in [-0.39, 0.29) is 17.8 Å². The molecule has 0 aromatic carbocycles.